The molecule has 0 aromatic heterocycles. The Hall–Kier alpha value is -1.39. The number of carbonyl (C=O) groups is 3. The molecule has 2 N–H and O–H groups in total. The molecular weight excluding hydrogens is 160 g/mol. The van der Waals surface area contributed by atoms with Crippen LogP contribution in [0.1, 0.15) is 13.8 Å². The SMILES string of the molecule is CC(=O)CNC(=O)CNC(C)=O. The first kappa shape index (κ1) is 10.6. The summed E-state index contributed by atoms with van der Waals surface area (Å²) in [6.45, 7) is 2.62. The van der Waals surface area contributed by atoms with Crippen LogP contribution in [-0.4, -0.2) is 30.7 Å². The van der Waals surface area contributed by atoms with Gasteiger partial charge in [-0.1, -0.05) is 0 Å². The van der Waals surface area contributed by atoms with E-state index in [2.05, 4.69) is 10.6 Å². The third kappa shape index (κ3) is 6.73. The zero-order chi connectivity index (χ0) is 9.56. The molecule has 0 aliphatic carbocycles. The Balaban J connectivity index is 3.47. The molecule has 0 aliphatic heterocycles. The Bertz CT molecular complexity index is 181. The molecule has 0 atom stereocenters. The molecule has 0 rings (SSSR count). The van der Waals surface area contributed by atoms with Crippen LogP contribution in [0.3, 0.4) is 0 Å². The van der Waals surface area contributed by atoms with Crippen LogP contribution in [0.2, 0.25) is 0 Å². The van der Waals surface area contributed by atoms with Gasteiger partial charge in [0, 0.05) is 6.92 Å². The largest absolute Gasteiger partial charge is 0.348 e. The summed E-state index contributed by atoms with van der Waals surface area (Å²) in [4.78, 5) is 31.5. The summed E-state index contributed by atoms with van der Waals surface area (Å²) in [5, 5.41) is 4.64. The highest BCUT2D eigenvalue weighted by Crippen LogP contribution is 1.67. The molecule has 0 saturated carbocycles. The van der Waals surface area contributed by atoms with Gasteiger partial charge >= 0.3 is 0 Å². The van der Waals surface area contributed by atoms with Crippen molar-refractivity contribution in [1.29, 1.82) is 0 Å². The Labute approximate surface area is 70.5 Å². The number of rotatable bonds is 4. The number of amides is 2. The second-order valence-corrected chi connectivity index (χ2v) is 2.39. The monoisotopic (exact) mass is 172 g/mol. The molecule has 2 amide bonds. The standard InChI is InChI=1S/C7H12N2O3/c1-5(10)3-9-7(12)4-8-6(2)11/h3-4H2,1-2H3,(H,8,11)(H,9,12). The maximum absolute atomic E-state index is 10.8. The molecule has 68 valence electrons. The third-order valence-corrected chi connectivity index (χ3v) is 1.03. The Kier molecular flexibility index (Phi) is 4.67. The van der Waals surface area contributed by atoms with E-state index in [0.29, 0.717) is 0 Å². The normalized spacial score (nSPS) is 8.83. The lowest BCUT2D eigenvalue weighted by molar-refractivity contribution is -0.126. The predicted molar refractivity (Wildman–Crippen MR) is 42.4 cm³/mol. The van der Waals surface area contributed by atoms with E-state index in [1.807, 2.05) is 0 Å². The molecule has 0 saturated heterocycles. The maximum atomic E-state index is 10.8. The van der Waals surface area contributed by atoms with Crippen molar-refractivity contribution in [3.8, 4) is 0 Å². The molecule has 0 aromatic rings. The number of Topliss-reactive ketones (excluding diaryl/α,β-unsaturated/α-hetero) is 1. The number of carbonyl (C=O) groups excluding carboxylic acids is 3. The van der Waals surface area contributed by atoms with Crippen molar-refractivity contribution in [3.05, 3.63) is 0 Å². The predicted octanol–water partition coefficient (Wildman–Crippen LogP) is -1.17. The van der Waals surface area contributed by atoms with E-state index in [1.165, 1.54) is 13.8 Å². The van der Waals surface area contributed by atoms with Crippen LogP contribution < -0.4 is 10.6 Å². The second-order valence-electron chi connectivity index (χ2n) is 2.39. The first-order valence-corrected chi connectivity index (χ1v) is 3.53. The lowest BCUT2D eigenvalue weighted by atomic mass is 10.4. The maximum Gasteiger partial charge on any atom is 0.239 e. The van der Waals surface area contributed by atoms with E-state index in [9.17, 15) is 14.4 Å². The van der Waals surface area contributed by atoms with Crippen LogP contribution in [-0.2, 0) is 14.4 Å². The molecule has 0 radical (unpaired) electrons. The zero-order valence-corrected chi connectivity index (χ0v) is 7.14. The van der Waals surface area contributed by atoms with E-state index in [4.69, 9.17) is 0 Å². The van der Waals surface area contributed by atoms with E-state index >= 15 is 0 Å². The molecule has 0 bridgehead atoms. The summed E-state index contributed by atoms with van der Waals surface area (Å²) >= 11 is 0. The highest BCUT2D eigenvalue weighted by Gasteiger charge is 2.01. The van der Waals surface area contributed by atoms with Crippen LogP contribution in [0.5, 0.6) is 0 Å². The van der Waals surface area contributed by atoms with Crippen molar-refractivity contribution in [1.82, 2.24) is 10.6 Å². The van der Waals surface area contributed by atoms with E-state index < -0.39 is 0 Å². The second kappa shape index (κ2) is 5.29. The minimum Gasteiger partial charge on any atom is -0.348 e. The first-order valence-electron chi connectivity index (χ1n) is 3.53. The van der Waals surface area contributed by atoms with Crippen molar-refractivity contribution < 1.29 is 14.4 Å². The first-order chi connectivity index (χ1) is 5.52. The van der Waals surface area contributed by atoms with Crippen molar-refractivity contribution >= 4 is 17.6 Å². The fourth-order valence-corrected chi connectivity index (χ4v) is 0.490. The van der Waals surface area contributed by atoms with Gasteiger partial charge in [-0.15, -0.1) is 0 Å². The molecule has 0 aromatic carbocycles. The lowest BCUT2D eigenvalue weighted by Crippen LogP contribution is -2.37. The van der Waals surface area contributed by atoms with Crippen LogP contribution in [0.25, 0.3) is 0 Å². The fourth-order valence-electron chi connectivity index (χ4n) is 0.490. The van der Waals surface area contributed by atoms with Gasteiger partial charge < -0.3 is 10.6 Å². The smallest absolute Gasteiger partial charge is 0.239 e. The van der Waals surface area contributed by atoms with Crippen molar-refractivity contribution in [2.45, 2.75) is 13.8 Å². The Morgan fingerprint density at radius 2 is 1.58 bits per heavy atom. The van der Waals surface area contributed by atoms with Crippen molar-refractivity contribution in [3.63, 3.8) is 0 Å². The lowest BCUT2D eigenvalue weighted by Gasteiger charge is -2.02. The molecule has 0 spiro atoms. The average molecular weight is 172 g/mol. The minimum absolute atomic E-state index is 0.0123. The van der Waals surface area contributed by atoms with Gasteiger partial charge in [0.2, 0.25) is 11.8 Å². The number of ketones is 1. The quantitative estimate of drug-likeness (QED) is 0.561. The van der Waals surface area contributed by atoms with Crippen LogP contribution in [0.15, 0.2) is 0 Å². The van der Waals surface area contributed by atoms with Crippen LogP contribution in [0, 0.1) is 0 Å². The summed E-state index contributed by atoms with van der Waals surface area (Å²) in [6.07, 6.45) is 0. The fraction of sp³-hybridized carbons (Fsp3) is 0.571. The highest BCUT2D eigenvalue weighted by molar-refractivity contribution is 5.87. The van der Waals surface area contributed by atoms with Gasteiger partial charge in [0.05, 0.1) is 13.1 Å². The summed E-state index contributed by atoms with van der Waals surface area (Å²) in [5.74, 6) is -0.750. The van der Waals surface area contributed by atoms with Gasteiger partial charge in [-0.25, -0.2) is 0 Å². The topological polar surface area (TPSA) is 75.3 Å². The molecule has 0 unspecified atom stereocenters. The van der Waals surface area contributed by atoms with Gasteiger partial charge in [0.1, 0.15) is 5.78 Å². The molecular formula is C7H12N2O3. The molecule has 5 nitrogen and oxygen atoms in total. The zero-order valence-electron chi connectivity index (χ0n) is 7.14. The molecule has 0 aliphatic rings. The number of nitrogens with one attached hydrogen (secondary N) is 2. The molecule has 0 heterocycles. The summed E-state index contributed by atoms with van der Waals surface area (Å²) in [5.41, 5.74) is 0. The molecule has 5 heteroatoms. The summed E-state index contributed by atoms with van der Waals surface area (Å²) < 4.78 is 0. The number of hydrogen-bond donors (Lipinski definition) is 2. The molecule has 12 heavy (non-hydrogen) atoms. The number of hydrogen-bond acceptors (Lipinski definition) is 3. The van der Waals surface area contributed by atoms with Gasteiger partial charge in [0.25, 0.3) is 0 Å². The summed E-state index contributed by atoms with van der Waals surface area (Å²) in [7, 11) is 0. The average Bonchev–Trinajstić information content (AvgIpc) is 1.96. The Morgan fingerprint density at radius 3 is 2.00 bits per heavy atom. The van der Waals surface area contributed by atoms with Gasteiger partial charge in [-0.05, 0) is 6.92 Å². The third-order valence-electron chi connectivity index (χ3n) is 1.03. The van der Waals surface area contributed by atoms with Crippen molar-refractivity contribution in [2.24, 2.45) is 0 Å². The van der Waals surface area contributed by atoms with E-state index in [-0.39, 0.29) is 30.7 Å². The van der Waals surface area contributed by atoms with Gasteiger partial charge in [0.15, 0.2) is 0 Å². The Morgan fingerprint density at radius 1 is 1.00 bits per heavy atom. The highest BCUT2D eigenvalue weighted by atomic mass is 16.2. The van der Waals surface area contributed by atoms with E-state index in [0.717, 1.165) is 0 Å². The van der Waals surface area contributed by atoms with Crippen LogP contribution >= 0.6 is 0 Å². The van der Waals surface area contributed by atoms with E-state index in [1.54, 1.807) is 0 Å². The minimum atomic E-state index is -0.361. The van der Waals surface area contributed by atoms with Crippen LogP contribution in [0.4, 0.5) is 0 Å². The van der Waals surface area contributed by atoms with Gasteiger partial charge in [-0.3, -0.25) is 14.4 Å². The van der Waals surface area contributed by atoms with Crippen molar-refractivity contribution in [2.75, 3.05) is 13.1 Å². The molecule has 0 fully saturated rings. The van der Waals surface area contributed by atoms with Gasteiger partial charge in [-0.2, -0.15) is 0 Å². The summed E-state index contributed by atoms with van der Waals surface area (Å²) in [6, 6.07) is 0.